The predicted octanol–water partition coefficient (Wildman–Crippen LogP) is 3.50. The standard InChI is InChI=1S/C14H14N4S2/c15-13-12(10-4-2-1-3-5-10)14(20-18-13)17-7-6-11-16-8-9-19-11/h1-5,8-9,17H,6-7H2,(H2,15,18). The van der Waals surface area contributed by atoms with Crippen LogP contribution in [-0.4, -0.2) is 15.9 Å². The first-order chi connectivity index (χ1) is 9.84. The number of benzene rings is 1. The number of rotatable bonds is 5. The fraction of sp³-hybridized carbons (Fsp3) is 0.143. The highest BCUT2D eigenvalue weighted by Crippen LogP contribution is 2.36. The number of nitrogens with two attached hydrogens (primary N) is 1. The second-order valence-corrected chi connectivity index (χ2v) is 5.99. The Morgan fingerprint density at radius 3 is 2.80 bits per heavy atom. The third kappa shape index (κ3) is 2.81. The Morgan fingerprint density at radius 1 is 1.20 bits per heavy atom. The summed E-state index contributed by atoms with van der Waals surface area (Å²) in [5.74, 6) is 0.581. The summed E-state index contributed by atoms with van der Waals surface area (Å²) in [6.45, 7) is 0.828. The summed E-state index contributed by atoms with van der Waals surface area (Å²) >= 11 is 3.08. The largest absolute Gasteiger partial charge is 0.382 e. The number of hydrogen-bond acceptors (Lipinski definition) is 6. The van der Waals surface area contributed by atoms with E-state index in [0.29, 0.717) is 5.82 Å². The first kappa shape index (κ1) is 13.1. The molecule has 4 nitrogen and oxygen atoms in total. The van der Waals surface area contributed by atoms with Crippen LogP contribution in [0.1, 0.15) is 5.01 Å². The predicted molar refractivity (Wildman–Crippen MR) is 86.3 cm³/mol. The van der Waals surface area contributed by atoms with Gasteiger partial charge in [0.2, 0.25) is 0 Å². The zero-order valence-corrected chi connectivity index (χ0v) is 12.4. The molecule has 0 aliphatic carbocycles. The van der Waals surface area contributed by atoms with E-state index >= 15 is 0 Å². The minimum Gasteiger partial charge on any atom is -0.382 e. The molecule has 0 spiro atoms. The molecule has 0 atom stereocenters. The molecule has 2 aromatic heterocycles. The van der Waals surface area contributed by atoms with Crippen LogP contribution in [0, 0.1) is 0 Å². The van der Waals surface area contributed by atoms with Gasteiger partial charge in [0.1, 0.15) is 10.8 Å². The summed E-state index contributed by atoms with van der Waals surface area (Å²) in [5, 5.41) is 7.56. The van der Waals surface area contributed by atoms with Crippen LogP contribution < -0.4 is 11.1 Å². The Bertz CT molecular complexity index is 662. The highest BCUT2D eigenvalue weighted by Gasteiger charge is 2.13. The van der Waals surface area contributed by atoms with Crippen LogP contribution in [-0.2, 0) is 6.42 Å². The van der Waals surface area contributed by atoms with E-state index in [0.717, 1.165) is 34.1 Å². The zero-order chi connectivity index (χ0) is 13.8. The van der Waals surface area contributed by atoms with Gasteiger partial charge in [0.05, 0.1) is 10.6 Å². The summed E-state index contributed by atoms with van der Waals surface area (Å²) in [6, 6.07) is 10.1. The number of nitrogens with one attached hydrogen (secondary N) is 1. The Kier molecular flexibility index (Phi) is 3.94. The molecule has 0 amide bonds. The van der Waals surface area contributed by atoms with Crippen LogP contribution in [0.3, 0.4) is 0 Å². The summed E-state index contributed by atoms with van der Waals surface area (Å²) in [5.41, 5.74) is 8.08. The molecular weight excluding hydrogens is 288 g/mol. The Morgan fingerprint density at radius 2 is 2.05 bits per heavy atom. The minimum absolute atomic E-state index is 0.581. The van der Waals surface area contributed by atoms with Crippen LogP contribution in [0.2, 0.25) is 0 Å². The topological polar surface area (TPSA) is 63.8 Å². The van der Waals surface area contributed by atoms with E-state index in [2.05, 4.69) is 14.7 Å². The van der Waals surface area contributed by atoms with Crippen molar-refractivity contribution in [2.24, 2.45) is 0 Å². The highest BCUT2D eigenvalue weighted by molar-refractivity contribution is 7.11. The van der Waals surface area contributed by atoms with E-state index in [-0.39, 0.29) is 0 Å². The van der Waals surface area contributed by atoms with Crippen LogP contribution in [0.25, 0.3) is 11.1 Å². The van der Waals surface area contributed by atoms with E-state index in [1.807, 2.05) is 41.9 Å². The maximum Gasteiger partial charge on any atom is 0.147 e. The molecule has 0 aliphatic heterocycles. The molecule has 0 radical (unpaired) electrons. The van der Waals surface area contributed by atoms with Gasteiger partial charge in [-0.15, -0.1) is 11.3 Å². The van der Waals surface area contributed by atoms with Gasteiger partial charge in [-0.2, -0.15) is 4.37 Å². The first-order valence-corrected chi connectivity index (χ1v) is 7.92. The monoisotopic (exact) mass is 302 g/mol. The number of nitrogen functional groups attached to an aromatic ring is 1. The molecule has 20 heavy (non-hydrogen) atoms. The molecule has 0 bridgehead atoms. The highest BCUT2D eigenvalue weighted by atomic mass is 32.1. The normalized spacial score (nSPS) is 10.6. The third-order valence-corrected chi connectivity index (χ3v) is 4.55. The van der Waals surface area contributed by atoms with Gasteiger partial charge in [-0.1, -0.05) is 30.3 Å². The van der Waals surface area contributed by atoms with Crippen LogP contribution >= 0.6 is 22.9 Å². The second kappa shape index (κ2) is 6.02. The quantitative estimate of drug-likeness (QED) is 0.757. The average Bonchev–Trinajstić information content (AvgIpc) is 3.10. The number of aromatic nitrogens is 2. The van der Waals surface area contributed by atoms with Gasteiger partial charge in [-0.05, 0) is 17.1 Å². The number of hydrogen-bond donors (Lipinski definition) is 2. The lowest BCUT2D eigenvalue weighted by Crippen LogP contribution is -2.04. The molecular formula is C14H14N4S2. The van der Waals surface area contributed by atoms with E-state index < -0.39 is 0 Å². The molecule has 0 fully saturated rings. The molecule has 3 rings (SSSR count). The van der Waals surface area contributed by atoms with E-state index in [1.54, 1.807) is 11.3 Å². The van der Waals surface area contributed by atoms with Crippen molar-refractivity contribution in [2.45, 2.75) is 6.42 Å². The van der Waals surface area contributed by atoms with E-state index in [1.165, 1.54) is 11.5 Å². The van der Waals surface area contributed by atoms with Gasteiger partial charge in [0.25, 0.3) is 0 Å². The van der Waals surface area contributed by atoms with E-state index in [4.69, 9.17) is 5.73 Å². The number of thiazole rings is 1. The van der Waals surface area contributed by atoms with Gasteiger partial charge in [0, 0.05) is 24.5 Å². The molecule has 2 heterocycles. The Hall–Kier alpha value is -1.92. The van der Waals surface area contributed by atoms with Gasteiger partial charge >= 0.3 is 0 Å². The molecule has 102 valence electrons. The van der Waals surface area contributed by atoms with Gasteiger partial charge < -0.3 is 11.1 Å². The van der Waals surface area contributed by atoms with Crippen molar-refractivity contribution in [1.29, 1.82) is 0 Å². The Balaban J connectivity index is 1.74. The van der Waals surface area contributed by atoms with Crippen LogP contribution in [0.4, 0.5) is 10.8 Å². The van der Waals surface area contributed by atoms with Crippen LogP contribution in [0.5, 0.6) is 0 Å². The zero-order valence-electron chi connectivity index (χ0n) is 10.7. The smallest absolute Gasteiger partial charge is 0.147 e. The average molecular weight is 302 g/mol. The second-order valence-electron chi connectivity index (χ2n) is 4.24. The lowest BCUT2D eigenvalue weighted by Gasteiger charge is -2.06. The summed E-state index contributed by atoms with van der Waals surface area (Å²) in [7, 11) is 0. The van der Waals surface area contributed by atoms with Gasteiger partial charge in [0.15, 0.2) is 0 Å². The summed E-state index contributed by atoms with van der Waals surface area (Å²) in [4.78, 5) is 4.27. The molecule has 0 unspecified atom stereocenters. The SMILES string of the molecule is Nc1nsc(NCCc2nccs2)c1-c1ccccc1. The van der Waals surface area contributed by atoms with Crippen molar-refractivity contribution < 1.29 is 0 Å². The van der Waals surface area contributed by atoms with Crippen molar-refractivity contribution >= 4 is 33.7 Å². The summed E-state index contributed by atoms with van der Waals surface area (Å²) in [6.07, 6.45) is 2.74. The van der Waals surface area contributed by atoms with Crippen molar-refractivity contribution in [3.8, 4) is 11.1 Å². The maximum atomic E-state index is 5.99. The third-order valence-electron chi connectivity index (χ3n) is 2.89. The molecule has 0 saturated heterocycles. The molecule has 0 saturated carbocycles. The fourth-order valence-corrected chi connectivity index (χ4v) is 3.35. The molecule has 3 N–H and O–H groups in total. The number of anilines is 2. The maximum absolute atomic E-state index is 5.99. The lowest BCUT2D eigenvalue weighted by molar-refractivity contribution is 1.00. The molecule has 3 aromatic rings. The van der Waals surface area contributed by atoms with Gasteiger partial charge in [-0.25, -0.2) is 4.98 Å². The first-order valence-electron chi connectivity index (χ1n) is 6.27. The van der Waals surface area contributed by atoms with Crippen LogP contribution in [0.15, 0.2) is 41.9 Å². The van der Waals surface area contributed by atoms with Crippen molar-refractivity contribution in [1.82, 2.24) is 9.36 Å². The minimum atomic E-state index is 0.581. The summed E-state index contributed by atoms with van der Waals surface area (Å²) < 4.78 is 4.25. The Labute approximate surface area is 125 Å². The van der Waals surface area contributed by atoms with Gasteiger partial charge in [-0.3, -0.25) is 0 Å². The lowest BCUT2D eigenvalue weighted by atomic mass is 10.1. The van der Waals surface area contributed by atoms with Crippen molar-refractivity contribution in [3.63, 3.8) is 0 Å². The van der Waals surface area contributed by atoms with Crippen molar-refractivity contribution in [3.05, 3.63) is 46.9 Å². The molecule has 6 heteroatoms. The fourth-order valence-electron chi connectivity index (χ4n) is 1.97. The van der Waals surface area contributed by atoms with Crippen molar-refractivity contribution in [2.75, 3.05) is 17.6 Å². The van der Waals surface area contributed by atoms with E-state index in [9.17, 15) is 0 Å². The molecule has 1 aromatic carbocycles. The molecule has 0 aliphatic rings. The number of nitrogens with zero attached hydrogens (tertiary/aromatic N) is 2.